The monoisotopic (exact) mass is 378 g/mol. The van der Waals surface area contributed by atoms with E-state index in [1.54, 1.807) is 4.68 Å². The fourth-order valence-electron chi connectivity index (χ4n) is 4.08. The number of hydrogen-bond acceptors (Lipinski definition) is 4. The minimum atomic E-state index is 0.0499. The van der Waals surface area contributed by atoms with E-state index in [-0.39, 0.29) is 5.56 Å². The fourth-order valence-corrected chi connectivity index (χ4v) is 4.08. The zero-order valence-electron chi connectivity index (χ0n) is 16.6. The number of piperazine rings is 1. The van der Waals surface area contributed by atoms with Crippen molar-refractivity contribution in [2.75, 3.05) is 32.7 Å². The average Bonchev–Trinajstić information content (AvgIpc) is 2.95. The predicted molar refractivity (Wildman–Crippen MR) is 113 cm³/mol. The lowest BCUT2D eigenvalue weighted by Gasteiger charge is -2.34. The minimum absolute atomic E-state index is 0.0499. The molecular formula is C23H30N4O. The van der Waals surface area contributed by atoms with Crippen molar-refractivity contribution in [3.63, 3.8) is 0 Å². The van der Waals surface area contributed by atoms with E-state index in [1.165, 1.54) is 30.4 Å². The van der Waals surface area contributed by atoms with Crippen LogP contribution in [0.25, 0.3) is 6.08 Å². The molecule has 0 N–H and O–H groups in total. The lowest BCUT2D eigenvalue weighted by atomic mass is 10.1. The van der Waals surface area contributed by atoms with Crippen LogP contribution in [0.1, 0.15) is 36.1 Å². The van der Waals surface area contributed by atoms with Gasteiger partial charge in [-0.25, -0.2) is 4.68 Å². The Labute approximate surface area is 167 Å². The molecule has 0 bridgehead atoms. The molecule has 2 heterocycles. The van der Waals surface area contributed by atoms with Crippen molar-refractivity contribution in [3.8, 4) is 0 Å². The van der Waals surface area contributed by atoms with Crippen LogP contribution in [0.3, 0.4) is 0 Å². The number of aromatic nitrogens is 2. The van der Waals surface area contributed by atoms with Gasteiger partial charge in [0.1, 0.15) is 0 Å². The second kappa shape index (κ2) is 9.30. The van der Waals surface area contributed by atoms with E-state index >= 15 is 0 Å². The van der Waals surface area contributed by atoms with Gasteiger partial charge in [-0.05, 0) is 36.8 Å². The van der Waals surface area contributed by atoms with Gasteiger partial charge in [-0.2, -0.15) is 5.10 Å². The van der Waals surface area contributed by atoms with Crippen LogP contribution in [-0.2, 0) is 19.5 Å². The molecule has 0 radical (unpaired) electrons. The molecule has 4 rings (SSSR count). The Balaban J connectivity index is 1.29. The van der Waals surface area contributed by atoms with Crippen molar-refractivity contribution in [2.24, 2.45) is 0 Å². The van der Waals surface area contributed by atoms with E-state index < -0.39 is 0 Å². The SMILES string of the molecule is O=c1cc2c(nn1CN1CCN(C/C=C/c3ccccc3)CC1)CCCCC2. The number of benzene rings is 1. The van der Waals surface area contributed by atoms with E-state index in [9.17, 15) is 4.79 Å². The Morgan fingerprint density at radius 3 is 2.50 bits per heavy atom. The molecule has 2 aliphatic rings. The zero-order chi connectivity index (χ0) is 19.2. The average molecular weight is 379 g/mol. The van der Waals surface area contributed by atoms with Crippen LogP contribution in [0.15, 0.2) is 47.3 Å². The van der Waals surface area contributed by atoms with Gasteiger partial charge in [0.25, 0.3) is 5.56 Å². The summed E-state index contributed by atoms with van der Waals surface area (Å²) in [5.74, 6) is 0. The Kier molecular flexibility index (Phi) is 6.34. The Hall–Kier alpha value is -2.24. The largest absolute Gasteiger partial charge is 0.297 e. The van der Waals surface area contributed by atoms with Gasteiger partial charge < -0.3 is 0 Å². The third-order valence-electron chi connectivity index (χ3n) is 5.80. The van der Waals surface area contributed by atoms with Crippen molar-refractivity contribution in [2.45, 2.75) is 38.8 Å². The fraction of sp³-hybridized carbons (Fsp3) is 0.478. The molecule has 148 valence electrons. The minimum Gasteiger partial charge on any atom is -0.297 e. The number of fused-ring (bicyclic) bond motifs is 1. The first-order valence-corrected chi connectivity index (χ1v) is 10.5. The van der Waals surface area contributed by atoms with Crippen molar-refractivity contribution in [1.29, 1.82) is 0 Å². The molecule has 0 amide bonds. The lowest BCUT2D eigenvalue weighted by Crippen LogP contribution is -2.48. The predicted octanol–water partition coefficient (Wildman–Crippen LogP) is 2.80. The van der Waals surface area contributed by atoms with Crippen molar-refractivity contribution >= 4 is 6.08 Å². The van der Waals surface area contributed by atoms with Crippen molar-refractivity contribution in [1.82, 2.24) is 19.6 Å². The maximum atomic E-state index is 12.5. The van der Waals surface area contributed by atoms with E-state index in [0.29, 0.717) is 6.67 Å². The first-order chi connectivity index (χ1) is 13.8. The molecule has 2 aromatic rings. The Morgan fingerprint density at radius 1 is 0.929 bits per heavy atom. The summed E-state index contributed by atoms with van der Waals surface area (Å²) >= 11 is 0. The van der Waals surface area contributed by atoms with E-state index in [4.69, 9.17) is 5.10 Å². The van der Waals surface area contributed by atoms with Gasteiger partial charge in [-0.3, -0.25) is 14.6 Å². The number of aryl methyl sites for hydroxylation is 2. The summed E-state index contributed by atoms with van der Waals surface area (Å²) in [5, 5.41) is 4.71. The molecule has 1 fully saturated rings. The molecule has 1 aliphatic heterocycles. The molecule has 1 aliphatic carbocycles. The number of nitrogens with zero attached hydrogens (tertiary/aromatic N) is 4. The normalized spacial score (nSPS) is 18.9. The van der Waals surface area contributed by atoms with Crippen LogP contribution in [-0.4, -0.2) is 52.3 Å². The highest BCUT2D eigenvalue weighted by Gasteiger charge is 2.18. The van der Waals surface area contributed by atoms with Gasteiger partial charge >= 0.3 is 0 Å². The van der Waals surface area contributed by atoms with Crippen LogP contribution < -0.4 is 5.56 Å². The van der Waals surface area contributed by atoms with Crippen LogP contribution in [0.4, 0.5) is 0 Å². The van der Waals surface area contributed by atoms with E-state index in [1.807, 2.05) is 12.1 Å². The topological polar surface area (TPSA) is 41.4 Å². The highest BCUT2D eigenvalue weighted by atomic mass is 16.1. The van der Waals surface area contributed by atoms with Gasteiger partial charge in [0, 0.05) is 38.8 Å². The van der Waals surface area contributed by atoms with Gasteiger partial charge in [0.05, 0.1) is 12.4 Å². The van der Waals surface area contributed by atoms with E-state index in [2.05, 4.69) is 46.2 Å². The second-order valence-corrected chi connectivity index (χ2v) is 7.89. The molecule has 0 atom stereocenters. The molecule has 5 heteroatoms. The third kappa shape index (κ3) is 4.97. The van der Waals surface area contributed by atoms with Gasteiger partial charge in [-0.1, -0.05) is 48.9 Å². The molecule has 28 heavy (non-hydrogen) atoms. The maximum absolute atomic E-state index is 12.5. The Morgan fingerprint density at radius 2 is 1.68 bits per heavy atom. The highest BCUT2D eigenvalue weighted by molar-refractivity contribution is 5.48. The summed E-state index contributed by atoms with van der Waals surface area (Å²) in [5.41, 5.74) is 3.61. The summed E-state index contributed by atoms with van der Waals surface area (Å²) in [6, 6.07) is 12.3. The lowest BCUT2D eigenvalue weighted by molar-refractivity contribution is 0.108. The van der Waals surface area contributed by atoms with Crippen molar-refractivity contribution in [3.05, 3.63) is 69.6 Å². The van der Waals surface area contributed by atoms with Crippen LogP contribution in [0.5, 0.6) is 0 Å². The quantitative estimate of drug-likeness (QED) is 0.751. The molecule has 5 nitrogen and oxygen atoms in total. The maximum Gasteiger partial charge on any atom is 0.268 e. The third-order valence-corrected chi connectivity index (χ3v) is 5.80. The summed E-state index contributed by atoms with van der Waals surface area (Å²) in [7, 11) is 0. The van der Waals surface area contributed by atoms with Gasteiger partial charge in [0.15, 0.2) is 0 Å². The smallest absolute Gasteiger partial charge is 0.268 e. The number of rotatable bonds is 5. The summed E-state index contributed by atoms with van der Waals surface area (Å²) in [6.07, 6.45) is 10.1. The zero-order valence-corrected chi connectivity index (χ0v) is 16.6. The van der Waals surface area contributed by atoms with Crippen molar-refractivity contribution < 1.29 is 0 Å². The van der Waals surface area contributed by atoms with E-state index in [0.717, 1.165) is 51.3 Å². The van der Waals surface area contributed by atoms with Crippen LogP contribution >= 0.6 is 0 Å². The second-order valence-electron chi connectivity index (χ2n) is 7.89. The highest BCUT2D eigenvalue weighted by Crippen LogP contribution is 2.17. The summed E-state index contributed by atoms with van der Waals surface area (Å²) < 4.78 is 1.68. The van der Waals surface area contributed by atoms with Crippen LogP contribution in [0.2, 0.25) is 0 Å². The van der Waals surface area contributed by atoms with Gasteiger partial charge in [0.2, 0.25) is 0 Å². The Bertz CT molecular complexity index is 851. The molecule has 0 spiro atoms. The first kappa shape index (κ1) is 19.1. The summed E-state index contributed by atoms with van der Waals surface area (Å²) in [4.78, 5) is 17.3. The molecule has 0 unspecified atom stereocenters. The molecule has 1 aromatic carbocycles. The molecule has 0 saturated carbocycles. The van der Waals surface area contributed by atoms with Gasteiger partial charge in [-0.15, -0.1) is 0 Å². The first-order valence-electron chi connectivity index (χ1n) is 10.5. The molecular weight excluding hydrogens is 348 g/mol. The molecule has 1 aromatic heterocycles. The summed E-state index contributed by atoms with van der Waals surface area (Å²) in [6.45, 7) is 5.59. The van der Waals surface area contributed by atoms with Crippen LogP contribution in [0, 0.1) is 0 Å². The number of hydrogen-bond donors (Lipinski definition) is 0. The standard InChI is InChI=1S/C23H30N4O/c28-23-18-21-11-5-2-6-12-22(21)24-27(23)19-26-16-14-25(15-17-26)13-7-10-20-8-3-1-4-9-20/h1,3-4,7-10,18H,2,5-6,11-17,19H2/b10-7+. The molecule has 1 saturated heterocycles.